The van der Waals surface area contributed by atoms with Gasteiger partial charge < -0.3 is 5.32 Å². The summed E-state index contributed by atoms with van der Waals surface area (Å²) < 4.78 is 1.14. The standard InChI is InChI=1S/C11H14BrN/c1-9(8-13-2)7-10-5-3-4-6-11(10)12/h3-7,13H,8H2,1-2H3. The molecular formula is C11H14BrN. The third kappa shape index (κ3) is 3.33. The Hall–Kier alpha value is -0.600. The van der Waals surface area contributed by atoms with Crippen LogP contribution in [0.3, 0.4) is 0 Å². The summed E-state index contributed by atoms with van der Waals surface area (Å²) >= 11 is 3.51. The van der Waals surface area contributed by atoms with Gasteiger partial charge in [0.15, 0.2) is 0 Å². The molecule has 0 saturated carbocycles. The molecule has 0 radical (unpaired) electrons. The van der Waals surface area contributed by atoms with E-state index in [-0.39, 0.29) is 0 Å². The highest BCUT2D eigenvalue weighted by atomic mass is 79.9. The van der Waals surface area contributed by atoms with Crippen LogP contribution in [0.2, 0.25) is 0 Å². The summed E-state index contributed by atoms with van der Waals surface area (Å²) in [4.78, 5) is 0. The third-order valence-corrected chi connectivity index (χ3v) is 2.48. The van der Waals surface area contributed by atoms with E-state index in [9.17, 15) is 0 Å². The molecule has 0 aliphatic rings. The molecule has 1 nitrogen and oxygen atoms in total. The molecule has 0 atom stereocenters. The Kier molecular flexibility index (Phi) is 4.19. The van der Waals surface area contributed by atoms with Crippen LogP contribution in [0.5, 0.6) is 0 Å². The maximum absolute atomic E-state index is 3.51. The summed E-state index contributed by atoms with van der Waals surface area (Å²) in [5.41, 5.74) is 2.56. The van der Waals surface area contributed by atoms with E-state index in [1.807, 2.05) is 19.2 Å². The van der Waals surface area contributed by atoms with Gasteiger partial charge in [-0.1, -0.05) is 45.8 Å². The second-order valence-electron chi connectivity index (χ2n) is 3.04. The molecule has 2 heteroatoms. The molecule has 13 heavy (non-hydrogen) atoms. The molecule has 0 unspecified atom stereocenters. The zero-order valence-electron chi connectivity index (χ0n) is 7.97. The number of likely N-dealkylation sites (N-methyl/N-ethyl adjacent to an activating group) is 1. The number of nitrogens with one attached hydrogen (secondary N) is 1. The van der Waals surface area contributed by atoms with Crippen molar-refractivity contribution in [2.45, 2.75) is 6.92 Å². The first-order valence-corrected chi connectivity index (χ1v) is 5.09. The van der Waals surface area contributed by atoms with Crippen molar-refractivity contribution in [3.63, 3.8) is 0 Å². The van der Waals surface area contributed by atoms with E-state index in [2.05, 4.69) is 46.4 Å². The maximum atomic E-state index is 3.51. The van der Waals surface area contributed by atoms with Crippen molar-refractivity contribution in [2.75, 3.05) is 13.6 Å². The Bertz CT molecular complexity index is 305. The molecule has 1 rings (SSSR count). The average molecular weight is 240 g/mol. The van der Waals surface area contributed by atoms with Gasteiger partial charge in [0.1, 0.15) is 0 Å². The molecule has 0 aliphatic carbocycles. The zero-order chi connectivity index (χ0) is 9.68. The van der Waals surface area contributed by atoms with E-state index in [0.717, 1.165) is 11.0 Å². The van der Waals surface area contributed by atoms with Gasteiger partial charge in [-0.25, -0.2) is 0 Å². The molecule has 1 N–H and O–H groups in total. The summed E-state index contributed by atoms with van der Waals surface area (Å²) in [5.74, 6) is 0. The summed E-state index contributed by atoms with van der Waals surface area (Å²) in [6, 6.07) is 8.22. The normalized spacial score (nSPS) is 11.8. The highest BCUT2D eigenvalue weighted by Gasteiger charge is 1.94. The van der Waals surface area contributed by atoms with Gasteiger partial charge in [0.25, 0.3) is 0 Å². The lowest BCUT2D eigenvalue weighted by Crippen LogP contribution is -2.08. The minimum Gasteiger partial charge on any atom is -0.316 e. The van der Waals surface area contributed by atoms with Crippen LogP contribution in [0.4, 0.5) is 0 Å². The van der Waals surface area contributed by atoms with Gasteiger partial charge in [0.2, 0.25) is 0 Å². The Morgan fingerprint density at radius 3 is 2.77 bits per heavy atom. The summed E-state index contributed by atoms with van der Waals surface area (Å²) in [5, 5.41) is 3.12. The van der Waals surface area contributed by atoms with Crippen molar-refractivity contribution < 1.29 is 0 Å². The number of halogens is 1. The fourth-order valence-electron chi connectivity index (χ4n) is 1.19. The molecule has 0 fully saturated rings. The molecule has 0 saturated heterocycles. The second kappa shape index (κ2) is 5.20. The molecule has 1 aromatic rings. The van der Waals surface area contributed by atoms with Crippen LogP contribution in [0.25, 0.3) is 6.08 Å². The fraction of sp³-hybridized carbons (Fsp3) is 0.273. The monoisotopic (exact) mass is 239 g/mol. The number of hydrogen-bond acceptors (Lipinski definition) is 1. The summed E-state index contributed by atoms with van der Waals surface area (Å²) in [6.45, 7) is 3.05. The lowest BCUT2D eigenvalue weighted by molar-refractivity contribution is 0.884. The highest BCUT2D eigenvalue weighted by Crippen LogP contribution is 2.18. The van der Waals surface area contributed by atoms with Crippen molar-refractivity contribution in [3.8, 4) is 0 Å². The quantitative estimate of drug-likeness (QED) is 0.856. The molecule has 0 amide bonds. The van der Waals surface area contributed by atoms with Gasteiger partial charge >= 0.3 is 0 Å². The lowest BCUT2D eigenvalue weighted by Gasteiger charge is -2.01. The largest absolute Gasteiger partial charge is 0.316 e. The van der Waals surface area contributed by atoms with Crippen LogP contribution in [-0.2, 0) is 0 Å². The van der Waals surface area contributed by atoms with Crippen LogP contribution in [0.1, 0.15) is 12.5 Å². The second-order valence-corrected chi connectivity index (χ2v) is 3.90. The van der Waals surface area contributed by atoms with Crippen LogP contribution >= 0.6 is 15.9 Å². The number of hydrogen-bond donors (Lipinski definition) is 1. The smallest absolute Gasteiger partial charge is 0.0247 e. The van der Waals surface area contributed by atoms with E-state index < -0.39 is 0 Å². The van der Waals surface area contributed by atoms with E-state index in [1.165, 1.54) is 11.1 Å². The molecule has 1 aromatic carbocycles. The first kappa shape index (κ1) is 10.5. The van der Waals surface area contributed by atoms with Crippen LogP contribution < -0.4 is 5.32 Å². The van der Waals surface area contributed by atoms with Gasteiger partial charge in [-0.15, -0.1) is 0 Å². The number of benzene rings is 1. The molecule has 0 aliphatic heterocycles. The predicted molar refractivity (Wildman–Crippen MR) is 61.7 cm³/mol. The topological polar surface area (TPSA) is 12.0 Å². The molecular weight excluding hydrogens is 226 g/mol. The Balaban J connectivity index is 2.84. The molecule has 0 spiro atoms. The van der Waals surface area contributed by atoms with Crippen molar-refractivity contribution >= 4 is 22.0 Å². The van der Waals surface area contributed by atoms with E-state index in [4.69, 9.17) is 0 Å². The van der Waals surface area contributed by atoms with E-state index in [1.54, 1.807) is 0 Å². The third-order valence-electron chi connectivity index (χ3n) is 1.76. The predicted octanol–water partition coefficient (Wildman–Crippen LogP) is 3.07. The zero-order valence-corrected chi connectivity index (χ0v) is 9.56. The first-order chi connectivity index (χ1) is 6.24. The van der Waals surface area contributed by atoms with E-state index >= 15 is 0 Å². The van der Waals surface area contributed by atoms with Crippen LogP contribution in [-0.4, -0.2) is 13.6 Å². The minimum absolute atomic E-state index is 0.932. The van der Waals surface area contributed by atoms with Crippen LogP contribution in [0, 0.1) is 0 Å². The molecule has 0 heterocycles. The molecule has 0 aromatic heterocycles. The first-order valence-electron chi connectivity index (χ1n) is 4.30. The average Bonchev–Trinajstić information content (AvgIpc) is 2.09. The van der Waals surface area contributed by atoms with Crippen molar-refractivity contribution in [3.05, 3.63) is 39.9 Å². The highest BCUT2D eigenvalue weighted by molar-refractivity contribution is 9.10. The lowest BCUT2D eigenvalue weighted by atomic mass is 10.1. The molecule has 0 bridgehead atoms. The Labute approximate surface area is 88.0 Å². The van der Waals surface area contributed by atoms with Gasteiger partial charge in [-0.2, -0.15) is 0 Å². The fourth-order valence-corrected chi connectivity index (χ4v) is 1.59. The minimum atomic E-state index is 0.932. The summed E-state index contributed by atoms with van der Waals surface area (Å²) in [7, 11) is 1.96. The van der Waals surface area contributed by atoms with Gasteiger partial charge in [-0.05, 0) is 25.6 Å². The Morgan fingerprint density at radius 1 is 1.46 bits per heavy atom. The van der Waals surface area contributed by atoms with Gasteiger partial charge in [0.05, 0.1) is 0 Å². The number of rotatable bonds is 3. The molecule has 70 valence electrons. The van der Waals surface area contributed by atoms with Crippen molar-refractivity contribution in [1.82, 2.24) is 5.32 Å². The SMILES string of the molecule is CNCC(C)=Cc1ccccc1Br. The maximum Gasteiger partial charge on any atom is 0.0247 e. The van der Waals surface area contributed by atoms with Crippen molar-refractivity contribution in [2.24, 2.45) is 0 Å². The van der Waals surface area contributed by atoms with Crippen molar-refractivity contribution in [1.29, 1.82) is 0 Å². The van der Waals surface area contributed by atoms with Gasteiger partial charge in [-0.3, -0.25) is 0 Å². The summed E-state index contributed by atoms with van der Waals surface area (Å²) in [6.07, 6.45) is 2.18. The van der Waals surface area contributed by atoms with Gasteiger partial charge in [0, 0.05) is 11.0 Å². The van der Waals surface area contributed by atoms with E-state index in [0.29, 0.717) is 0 Å². The van der Waals surface area contributed by atoms with Crippen LogP contribution in [0.15, 0.2) is 34.3 Å². The Morgan fingerprint density at radius 2 is 2.15 bits per heavy atom.